The van der Waals surface area contributed by atoms with E-state index in [2.05, 4.69) is 11.8 Å². The van der Waals surface area contributed by atoms with E-state index in [1.165, 1.54) is 6.07 Å². The monoisotopic (exact) mass is 394 g/mol. The highest BCUT2D eigenvalue weighted by atomic mass is 19.1. The van der Waals surface area contributed by atoms with E-state index in [0.717, 1.165) is 56.9 Å². The molecule has 0 spiro atoms. The van der Waals surface area contributed by atoms with Crippen molar-refractivity contribution in [3.8, 4) is 0 Å². The molecule has 0 bridgehead atoms. The number of hydrogen-bond acceptors (Lipinski definition) is 3. The predicted molar refractivity (Wildman–Crippen MR) is 105 cm³/mol. The van der Waals surface area contributed by atoms with Gasteiger partial charge in [-0.25, -0.2) is 8.78 Å². The number of fused-ring (bicyclic) bond motifs is 1. The lowest BCUT2D eigenvalue weighted by molar-refractivity contribution is -0.130. The number of halogens is 2. The largest absolute Gasteiger partial charge is 0.379 e. The Kier molecular flexibility index (Phi) is 7.80. The summed E-state index contributed by atoms with van der Waals surface area (Å²) in [5.41, 5.74) is 1.51. The van der Waals surface area contributed by atoms with Crippen LogP contribution in [0.15, 0.2) is 12.1 Å². The molecule has 3 rings (SSSR count). The van der Waals surface area contributed by atoms with Crippen molar-refractivity contribution in [2.24, 2.45) is 0 Å². The third-order valence-corrected chi connectivity index (χ3v) is 5.90. The summed E-state index contributed by atoms with van der Waals surface area (Å²) in [4.78, 5) is 16.4. The van der Waals surface area contributed by atoms with Crippen molar-refractivity contribution < 1.29 is 18.3 Å². The van der Waals surface area contributed by atoms with Crippen LogP contribution in [0.4, 0.5) is 8.78 Å². The Morgan fingerprint density at radius 3 is 2.86 bits per heavy atom. The number of unbranched alkanes of at least 4 members (excludes halogenated alkanes) is 1. The number of carbonyl (C=O) groups is 1. The number of rotatable bonds is 8. The van der Waals surface area contributed by atoms with E-state index in [-0.39, 0.29) is 5.91 Å². The molecular weight excluding hydrogens is 362 g/mol. The van der Waals surface area contributed by atoms with E-state index in [1.54, 1.807) is 0 Å². The van der Waals surface area contributed by atoms with Crippen molar-refractivity contribution in [1.82, 2.24) is 9.80 Å². The van der Waals surface area contributed by atoms with Gasteiger partial charge in [-0.2, -0.15) is 0 Å². The molecule has 156 valence electrons. The van der Waals surface area contributed by atoms with Gasteiger partial charge in [-0.1, -0.05) is 6.92 Å². The lowest BCUT2D eigenvalue weighted by atomic mass is 9.86. The van der Waals surface area contributed by atoms with Gasteiger partial charge in [0.25, 0.3) is 0 Å². The van der Waals surface area contributed by atoms with E-state index in [1.807, 2.05) is 4.90 Å². The molecule has 1 aliphatic carbocycles. The zero-order valence-corrected chi connectivity index (χ0v) is 16.9. The van der Waals surface area contributed by atoms with Crippen LogP contribution in [-0.2, 0) is 22.4 Å². The van der Waals surface area contributed by atoms with E-state index < -0.39 is 11.6 Å². The third-order valence-electron chi connectivity index (χ3n) is 5.90. The Morgan fingerprint density at radius 2 is 2.04 bits per heavy atom. The second-order valence-electron chi connectivity index (χ2n) is 7.91. The first-order valence-corrected chi connectivity index (χ1v) is 10.6. The van der Waals surface area contributed by atoms with Crippen LogP contribution in [0.3, 0.4) is 0 Å². The summed E-state index contributed by atoms with van der Waals surface area (Å²) in [5.74, 6) is -0.692. The average molecular weight is 395 g/mol. The molecule has 2 aliphatic rings. The molecule has 1 aliphatic heterocycles. The summed E-state index contributed by atoms with van der Waals surface area (Å²) in [6.45, 7) is 6.75. The molecule has 1 atom stereocenters. The first-order chi connectivity index (χ1) is 13.6. The second kappa shape index (κ2) is 10.3. The molecule has 0 radical (unpaired) electrons. The second-order valence-corrected chi connectivity index (χ2v) is 7.91. The molecule has 4 nitrogen and oxygen atoms in total. The summed E-state index contributed by atoms with van der Waals surface area (Å²) in [6.07, 6.45) is 5.83. The van der Waals surface area contributed by atoms with Crippen LogP contribution in [0.25, 0.3) is 0 Å². The normalized spacial score (nSPS) is 20.4. The van der Waals surface area contributed by atoms with Gasteiger partial charge in [0.1, 0.15) is 11.6 Å². The van der Waals surface area contributed by atoms with Crippen LogP contribution >= 0.6 is 0 Å². The number of hydrogen-bond donors (Lipinski definition) is 0. The smallest absolute Gasteiger partial charge is 0.224 e. The summed E-state index contributed by atoms with van der Waals surface area (Å²) < 4.78 is 33.0. The highest BCUT2D eigenvalue weighted by molar-refractivity contribution is 5.76. The predicted octanol–water partition coefficient (Wildman–Crippen LogP) is 3.56. The standard InChI is InChI=1S/C22H32F2N2O2/c1-2-8-25(9-3-4-10-26-11-13-28-12-7-22(26)27)19-5-6-20-17(15-19)14-18(23)16-21(20)24/h14,16,19H,2-13,15H2,1H3. The molecule has 0 aromatic heterocycles. The van der Waals surface area contributed by atoms with Crippen LogP contribution in [0.5, 0.6) is 0 Å². The quantitative estimate of drug-likeness (QED) is 0.632. The van der Waals surface area contributed by atoms with Crippen LogP contribution in [0.2, 0.25) is 0 Å². The maximum absolute atomic E-state index is 14.0. The van der Waals surface area contributed by atoms with Gasteiger partial charge in [-0.15, -0.1) is 0 Å². The van der Waals surface area contributed by atoms with Gasteiger partial charge in [0.05, 0.1) is 19.6 Å². The van der Waals surface area contributed by atoms with Crippen molar-refractivity contribution in [1.29, 1.82) is 0 Å². The molecule has 28 heavy (non-hydrogen) atoms. The Morgan fingerprint density at radius 1 is 1.18 bits per heavy atom. The number of nitrogens with zero attached hydrogens (tertiary/aromatic N) is 2. The lowest BCUT2D eigenvalue weighted by Gasteiger charge is -2.35. The zero-order chi connectivity index (χ0) is 19.9. The van der Waals surface area contributed by atoms with E-state index in [0.29, 0.717) is 50.6 Å². The maximum atomic E-state index is 14.0. The minimum Gasteiger partial charge on any atom is -0.379 e. The molecule has 0 saturated carbocycles. The highest BCUT2D eigenvalue weighted by Crippen LogP contribution is 2.28. The summed E-state index contributed by atoms with van der Waals surface area (Å²) in [6, 6.07) is 2.83. The first-order valence-electron chi connectivity index (χ1n) is 10.6. The molecule has 1 fully saturated rings. The first kappa shape index (κ1) is 21.2. The van der Waals surface area contributed by atoms with Gasteiger partial charge >= 0.3 is 0 Å². The Labute approximate surface area is 166 Å². The van der Waals surface area contributed by atoms with E-state index in [9.17, 15) is 13.6 Å². The van der Waals surface area contributed by atoms with Crippen LogP contribution < -0.4 is 0 Å². The maximum Gasteiger partial charge on any atom is 0.224 e. The van der Waals surface area contributed by atoms with E-state index in [4.69, 9.17) is 4.74 Å². The van der Waals surface area contributed by atoms with E-state index >= 15 is 0 Å². The number of benzene rings is 1. The van der Waals surface area contributed by atoms with Crippen molar-refractivity contribution in [3.05, 3.63) is 34.9 Å². The van der Waals surface area contributed by atoms with Crippen LogP contribution in [0.1, 0.15) is 50.2 Å². The average Bonchev–Trinajstić information content (AvgIpc) is 2.88. The number of carbonyl (C=O) groups excluding carboxylic acids is 1. The van der Waals surface area contributed by atoms with Gasteiger partial charge in [0.2, 0.25) is 5.91 Å². The summed E-state index contributed by atoms with van der Waals surface area (Å²) in [7, 11) is 0. The number of amides is 1. The van der Waals surface area contributed by atoms with Gasteiger partial charge in [-0.05, 0) is 68.8 Å². The van der Waals surface area contributed by atoms with Crippen molar-refractivity contribution in [2.75, 3.05) is 39.4 Å². The van der Waals surface area contributed by atoms with Crippen LogP contribution in [0, 0.1) is 11.6 Å². The minimum atomic E-state index is -0.481. The summed E-state index contributed by atoms with van der Waals surface area (Å²) >= 11 is 0. The lowest BCUT2D eigenvalue weighted by Crippen LogP contribution is -2.41. The van der Waals surface area contributed by atoms with Crippen molar-refractivity contribution in [2.45, 2.75) is 57.9 Å². The summed E-state index contributed by atoms with van der Waals surface area (Å²) in [5, 5.41) is 0. The van der Waals surface area contributed by atoms with Crippen molar-refractivity contribution in [3.63, 3.8) is 0 Å². The number of ether oxygens (including phenoxy) is 1. The van der Waals surface area contributed by atoms with Gasteiger partial charge in [0, 0.05) is 25.2 Å². The van der Waals surface area contributed by atoms with Gasteiger partial charge < -0.3 is 14.5 Å². The fraction of sp³-hybridized carbons (Fsp3) is 0.682. The zero-order valence-electron chi connectivity index (χ0n) is 16.9. The Balaban J connectivity index is 1.51. The third kappa shape index (κ3) is 5.51. The molecule has 1 heterocycles. The Hall–Kier alpha value is -1.53. The van der Waals surface area contributed by atoms with Crippen molar-refractivity contribution >= 4 is 5.91 Å². The van der Waals surface area contributed by atoms with Gasteiger partial charge in [0.15, 0.2) is 0 Å². The molecule has 1 aromatic rings. The van der Waals surface area contributed by atoms with Crippen LogP contribution in [-0.4, -0.2) is 61.1 Å². The highest BCUT2D eigenvalue weighted by Gasteiger charge is 2.26. The Bertz CT molecular complexity index is 668. The molecule has 1 unspecified atom stereocenters. The van der Waals surface area contributed by atoms with Gasteiger partial charge in [-0.3, -0.25) is 4.79 Å². The molecular formula is C22H32F2N2O2. The molecule has 1 amide bonds. The molecule has 1 aromatic carbocycles. The molecule has 6 heteroatoms. The fourth-order valence-corrected chi connectivity index (χ4v) is 4.43. The molecule has 1 saturated heterocycles. The molecule has 0 N–H and O–H groups in total. The fourth-order valence-electron chi connectivity index (χ4n) is 4.43. The SMILES string of the molecule is CCCN(CCCCN1CCOCCC1=O)C1CCc2c(F)cc(F)cc2C1. The topological polar surface area (TPSA) is 32.8 Å². The minimum absolute atomic E-state index is 0.191.